The summed E-state index contributed by atoms with van der Waals surface area (Å²) in [6.45, 7) is 1.98. The maximum absolute atomic E-state index is 12.3. The van der Waals surface area contributed by atoms with Crippen molar-refractivity contribution in [2.24, 2.45) is 4.99 Å². The molecule has 142 valence electrons. The summed E-state index contributed by atoms with van der Waals surface area (Å²) in [5, 5.41) is 3.28. The van der Waals surface area contributed by atoms with Crippen LogP contribution in [0.25, 0.3) is 11.0 Å². The number of Topliss-reactive ketones (excluding diaryl/α,β-unsaturated/α-hetero) is 1. The second kappa shape index (κ2) is 7.26. The van der Waals surface area contributed by atoms with E-state index in [1.807, 2.05) is 12.1 Å². The number of anilines is 1. The molecule has 9 heteroatoms. The average molecular weight is 417 g/mol. The topological polar surface area (TPSA) is 96.4 Å². The van der Waals surface area contributed by atoms with Gasteiger partial charge in [0.2, 0.25) is 5.95 Å². The van der Waals surface area contributed by atoms with Gasteiger partial charge in [-0.05, 0) is 31.2 Å². The van der Waals surface area contributed by atoms with Gasteiger partial charge < -0.3 is 9.72 Å². The molecule has 0 unspecified atom stereocenters. The minimum absolute atomic E-state index is 0.000920. The van der Waals surface area contributed by atoms with Gasteiger partial charge in [-0.25, -0.2) is 9.78 Å². The monoisotopic (exact) mass is 416 g/mol. The zero-order valence-electron chi connectivity index (χ0n) is 14.7. The van der Waals surface area contributed by atoms with E-state index in [0.29, 0.717) is 37.9 Å². The molecule has 1 amide bonds. The van der Waals surface area contributed by atoms with Crippen LogP contribution >= 0.6 is 23.2 Å². The number of aliphatic imine (C=N–C) groups is 1. The Balaban J connectivity index is 1.75. The molecule has 1 aliphatic heterocycles. The SMILES string of the molecule is CCOC(=O)Nc1nc2ccc(C3=NCC(=O)c4c(Cl)ccc(Cl)c43)cc2[nH]1. The fourth-order valence-corrected chi connectivity index (χ4v) is 3.59. The summed E-state index contributed by atoms with van der Waals surface area (Å²) in [4.78, 5) is 35.6. The number of benzene rings is 2. The molecule has 4 rings (SSSR count). The average Bonchev–Trinajstić information content (AvgIpc) is 3.06. The van der Waals surface area contributed by atoms with Crippen LogP contribution in [-0.4, -0.2) is 40.7 Å². The van der Waals surface area contributed by atoms with Gasteiger partial charge in [0.05, 0.1) is 33.4 Å². The highest BCUT2D eigenvalue weighted by Crippen LogP contribution is 2.33. The first kappa shape index (κ1) is 18.5. The van der Waals surface area contributed by atoms with Crippen LogP contribution in [0.2, 0.25) is 10.0 Å². The summed E-state index contributed by atoms with van der Waals surface area (Å²) >= 11 is 12.6. The number of ether oxygens (including phenoxy) is 1. The number of carbonyl (C=O) groups is 2. The predicted octanol–water partition coefficient (Wildman–Crippen LogP) is 4.47. The Morgan fingerprint density at radius 2 is 1.96 bits per heavy atom. The van der Waals surface area contributed by atoms with Crippen molar-refractivity contribution in [3.8, 4) is 0 Å². The van der Waals surface area contributed by atoms with Crippen LogP contribution in [0.3, 0.4) is 0 Å². The number of ketones is 1. The van der Waals surface area contributed by atoms with E-state index in [-0.39, 0.29) is 24.9 Å². The van der Waals surface area contributed by atoms with E-state index in [4.69, 9.17) is 27.9 Å². The lowest BCUT2D eigenvalue weighted by Gasteiger charge is -2.19. The lowest BCUT2D eigenvalue weighted by molar-refractivity contribution is 0.100. The van der Waals surface area contributed by atoms with Crippen LogP contribution in [0.1, 0.15) is 28.4 Å². The second-order valence-corrected chi connectivity index (χ2v) is 6.84. The standard InChI is InChI=1S/C19H14Cl2N4O3/c1-2-28-19(27)25-18-23-12-6-3-9(7-13(12)24-18)17-16-11(21)5-4-10(20)15(16)14(26)8-22-17/h3-7H,2,8H2,1H3,(H2,23,24,25,27). The number of amides is 1. The Morgan fingerprint density at radius 1 is 1.21 bits per heavy atom. The molecule has 3 aromatic rings. The Bertz CT molecular complexity index is 1150. The number of rotatable bonds is 3. The van der Waals surface area contributed by atoms with E-state index in [1.165, 1.54) is 0 Å². The minimum atomic E-state index is -0.590. The quantitative estimate of drug-likeness (QED) is 0.657. The van der Waals surface area contributed by atoms with Crippen LogP contribution in [0, 0.1) is 0 Å². The summed E-state index contributed by atoms with van der Waals surface area (Å²) in [6.07, 6.45) is -0.590. The molecule has 2 aromatic carbocycles. The van der Waals surface area contributed by atoms with Crippen LogP contribution in [0.15, 0.2) is 35.3 Å². The molecular weight excluding hydrogens is 403 g/mol. The molecule has 0 atom stereocenters. The van der Waals surface area contributed by atoms with Crippen molar-refractivity contribution in [3.05, 3.63) is 57.1 Å². The smallest absolute Gasteiger partial charge is 0.413 e. The van der Waals surface area contributed by atoms with Gasteiger partial charge in [-0.1, -0.05) is 29.3 Å². The van der Waals surface area contributed by atoms with E-state index >= 15 is 0 Å². The number of nitrogens with one attached hydrogen (secondary N) is 2. The fraction of sp³-hybridized carbons (Fsp3) is 0.158. The Labute approximate surface area is 169 Å². The van der Waals surface area contributed by atoms with Crippen molar-refractivity contribution < 1.29 is 14.3 Å². The highest BCUT2D eigenvalue weighted by atomic mass is 35.5. The molecule has 28 heavy (non-hydrogen) atoms. The summed E-state index contributed by atoms with van der Waals surface area (Å²) in [7, 11) is 0. The van der Waals surface area contributed by atoms with E-state index in [1.54, 1.807) is 25.1 Å². The highest BCUT2D eigenvalue weighted by molar-refractivity contribution is 6.41. The van der Waals surface area contributed by atoms with Gasteiger partial charge in [0.15, 0.2) is 5.78 Å². The number of H-pyrrole nitrogens is 1. The van der Waals surface area contributed by atoms with Crippen LogP contribution < -0.4 is 5.32 Å². The molecule has 0 fully saturated rings. The van der Waals surface area contributed by atoms with Gasteiger partial charge in [0, 0.05) is 16.7 Å². The molecular formula is C19H14Cl2N4O3. The summed E-state index contributed by atoms with van der Waals surface area (Å²) < 4.78 is 4.85. The third kappa shape index (κ3) is 3.23. The van der Waals surface area contributed by atoms with E-state index < -0.39 is 6.09 Å². The predicted molar refractivity (Wildman–Crippen MR) is 108 cm³/mol. The van der Waals surface area contributed by atoms with Gasteiger partial charge in [0.1, 0.15) is 6.54 Å². The highest BCUT2D eigenvalue weighted by Gasteiger charge is 2.27. The normalized spacial score (nSPS) is 13.2. The molecule has 0 radical (unpaired) electrons. The number of hydrogen-bond donors (Lipinski definition) is 2. The molecule has 1 aliphatic rings. The van der Waals surface area contributed by atoms with Crippen molar-refractivity contribution >= 4 is 57.8 Å². The number of hydrogen-bond acceptors (Lipinski definition) is 5. The molecule has 0 saturated carbocycles. The number of halogens is 2. The summed E-state index contributed by atoms with van der Waals surface area (Å²) in [5.74, 6) is 0.0997. The summed E-state index contributed by atoms with van der Waals surface area (Å²) in [5.41, 5.74) is 3.57. The Hall–Kier alpha value is -2.90. The Kier molecular flexibility index (Phi) is 4.78. The molecule has 0 aliphatic carbocycles. The molecule has 1 aromatic heterocycles. The van der Waals surface area contributed by atoms with Crippen LogP contribution in [0.5, 0.6) is 0 Å². The number of fused-ring (bicyclic) bond motifs is 2. The largest absolute Gasteiger partial charge is 0.450 e. The molecule has 2 heterocycles. The van der Waals surface area contributed by atoms with Crippen molar-refractivity contribution in [1.29, 1.82) is 0 Å². The first-order chi connectivity index (χ1) is 13.5. The number of carbonyl (C=O) groups excluding carboxylic acids is 2. The lowest BCUT2D eigenvalue weighted by Crippen LogP contribution is -2.21. The van der Waals surface area contributed by atoms with Gasteiger partial charge in [0.25, 0.3) is 0 Å². The number of imidazole rings is 1. The minimum Gasteiger partial charge on any atom is -0.450 e. The first-order valence-corrected chi connectivity index (χ1v) is 9.23. The molecule has 0 saturated heterocycles. The molecule has 0 bridgehead atoms. The zero-order valence-corrected chi connectivity index (χ0v) is 16.2. The van der Waals surface area contributed by atoms with Crippen molar-refractivity contribution in [1.82, 2.24) is 9.97 Å². The van der Waals surface area contributed by atoms with Crippen LogP contribution in [0.4, 0.5) is 10.7 Å². The van der Waals surface area contributed by atoms with Crippen molar-refractivity contribution in [2.75, 3.05) is 18.5 Å². The second-order valence-electron chi connectivity index (χ2n) is 6.03. The maximum atomic E-state index is 12.3. The van der Waals surface area contributed by atoms with Crippen molar-refractivity contribution in [2.45, 2.75) is 6.92 Å². The molecule has 7 nitrogen and oxygen atoms in total. The fourth-order valence-electron chi connectivity index (χ4n) is 3.08. The molecule has 2 N–H and O–H groups in total. The molecule has 0 spiro atoms. The number of aromatic nitrogens is 2. The van der Waals surface area contributed by atoms with E-state index in [9.17, 15) is 9.59 Å². The lowest BCUT2D eigenvalue weighted by atomic mass is 9.92. The number of nitrogens with zero attached hydrogens (tertiary/aromatic N) is 2. The number of aromatic amines is 1. The van der Waals surface area contributed by atoms with E-state index in [2.05, 4.69) is 20.3 Å². The maximum Gasteiger partial charge on any atom is 0.413 e. The summed E-state index contributed by atoms with van der Waals surface area (Å²) in [6, 6.07) is 8.69. The first-order valence-electron chi connectivity index (χ1n) is 8.48. The third-order valence-electron chi connectivity index (χ3n) is 4.25. The Morgan fingerprint density at radius 3 is 2.71 bits per heavy atom. The van der Waals surface area contributed by atoms with Crippen molar-refractivity contribution in [3.63, 3.8) is 0 Å². The van der Waals surface area contributed by atoms with Gasteiger partial charge >= 0.3 is 6.09 Å². The third-order valence-corrected chi connectivity index (χ3v) is 4.88. The van der Waals surface area contributed by atoms with Crippen LogP contribution in [-0.2, 0) is 4.74 Å². The van der Waals surface area contributed by atoms with Gasteiger partial charge in [-0.3, -0.25) is 15.1 Å². The zero-order chi connectivity index (χ0) is 19.8. The van der Waals surface area contributed by atoms with Gasteiger partial charge in [-0.2, -0.15) is 0 Å². The van der Waals surface area contributed by atoms with Gasteiger partial charge in [-0.15, -0.1) is 0 Å². The van der Waals surface area contributed by atoms with E-state index in [0.717, 1.165) is 5.56 Å².